The van der Waals surface area contributed by atoms with Crippen molar-refractivity contribution in [2.75, 3.05) is 63.3 Å². The number of amides is 1. The van der Waals surface area contributed by atoms with Crippen LogP contribution in [-0.4, -0.2) is 85.3 Å². The summed E-state index contributed by atoms with van der Waals surface area (Å²) in [6, 6.07) is 3.63. The smallest absolute Gasteiger partial charge is 0.337 e. The SMILES string of the molecule is COC(=O)C1=C(Nc2ccc(N3CCOCC3)c3nonc23)C(=O)N(CCO)C1. The maximum absolute atomic E-state index is 12.7. The maximum Gasteiger partial charge on any atom is 0.337 e. The van der Waals surface area contributed by atoms with Crippen LogP contribution in [0, 0.1) is 0 Å². The number of fused-ring (bicyclic) bond motifs is 1. The van der Waals surface area contributed by atoms with Crippen LogP contribution in [0.2, 0.25) is 0 Å². The van der Waals surface area contributed by atoms with Gasteiger partial charge < -0.3 is 29.7 Å². The molecule has 154 valence electrons. The minimum Gasteiger partial charge on any atom is -0.466 e. The van der Waals surface area contributed by atoms with Gasteiger partial charge in [0.2, 0.25) is 0 Å². The number of β-amino-alcohol motifs (C(OH)–C–C–N with tert-alkyl or cyclic N) is 1. The van der Waals surface area contributed by atoms with Gasteiger partial charge in [-0.05, 0) is 22.4 Å². The number of hydrogen-bond acceptors (Lipinski definition) is 10. The second-order valence-electron chi connectivity index (χ2n) is 6.61. The number of carbonyl (C=O) groups is 2. The molecule has 29 heavy (non-hydrogen) atoms. The van der Waals surface area contributed by atoms with E-state index in [1.165, 1.54) is 12.0 Å². The number of benzene rings is 1. The van der Waals surface area contributed by atoms with E-state index in [9.17, 15) is 14.7 Å². The van der Waals surface area contributed by atoms with Crippen molar-refractivity contribution in [1.29, 1.82) is 0 Å². The Bertz CT molecular complexity index is 965. The normalized spacial score (nSPS) is 17.4. The molecule has 1 fully saturated rings. The predicted molar refractivity (Wildman–Crippen MR) is 101 cm³/mol. The number of methoxy groups -OCH3 is 1. The van der Waals surface area contributed by atoms with Gasteiger partial charge in [-0.25, -0.2) is 9.42 Å². The molecule has 0 atom stereocenters. The third kappa shape index (κ3) is 3.49. The van der Waals surface area contributed by atoms with Gasteiger partial charge in [0, 0.05) is 19.6 Å². The molecule has 2 N–H and O–H groups in total. The number of morpholine rings is 1. The van der Waals surface area contributed by atoms with Crippen LogP contribution in [0.3, 0.4) is 0 Å². The lowest BCUT2D eigenvalue weighted by atomic mass is 10.1. The summed E-state index contributed by atoms with van der Waals surface area (Å²) in [5.41, 5.74) is 2.61. The van der Waals surface area contributed by atoms with Gasteiger partial charge in [-0.2, -0.15) is 0 Å². The molecule has 11 nitrogen and oxygen atoms in total. The number of aliphatic hydroxyl groups is 1. The van der Waals surface area contributed by atoms with Gasteiger partial charge >= 0.3 is 5.97 Å². The number of ether oxygens (including phenoxy) is 2. The van der Waals surface area contributed by atoms with Crippen molar-refractivity contribution in [1.82, 2.24) is 15.2 Å². The van der Waals surface area contributed by atoms with E-state index in [-0.39, 0.29) is 31.0 Å². The highest BCUT2D eigenvalue weighted by Crippen LogP contribution is 2.32. The second-order valence-corrected chi connectivity index (χ2v) is 6.61. The lowest BCUT2D eigenvalue weighted by Crippen LogP contribution is -2.36. The fourth-order valence-corrected chi connectivity index (χ4v) is 3.50. The Morgan fingerprint density at radius 2 is 2.03 bits per heavy atom. The Kier molecular flexibility index (Phi) is 5.32. The van der Waals surface area contributed by atoms with Crippen LogP contribution in [0.1, 0.15) is 0 Å². The average Bonchev–Trinajstić information content (AvgIpc) is 3.35. The van der Waals surface area contributed by atoms with E-state index in [0.717, 1.165) is 18.8 Å². The summed E-state index contributed by atoms with van der Waals surface area (Å²) in [6.45, 7) is 2.65. The Balaban J connectivity index is 1.69. The van der Waals surface area contributed by atoms with Crippen LogP contribution in [0.4, 0.5) is 11.4 Å². The summed E-state index contributed by atoms with van der Waals surface area (Å²) in [7, 11) is 1.25. The minimum atomic E-state index is -0.610. The van der Waals surface area contributed by atoms with Gasteiger partial charge in [-0.15, -0.1) is 0 Å². The van der Waals surface area contributed by atoms with Crippen LogP contribution in [0.5, 0.6) is 0 Å². The molecule has 2 aliphatic rings. The Hall–Kier alpha value is -3.18. The number of esters is 1. The molecular weight excluding hydrogens is 382 g/mol. The molecule has 1 saturated heterocycles. The minimum absolute atomic E-state index is 0.0560. The zero-order chi connectivity index (χ0) is 20.4. The third-order valence-corrected chi connectivity index (χ3v) is 4.96. The first-order valence-electron chi connectivity index (χ1n) is 9.20. The van der Waals surface area contributed by atoms with E-state index >= 15 is 0 Å². The summed E-state index contributed by atoms with van der Waals surface area (Å²) >= 11 is 0. The molecule has 2 aromatic rings. The number of aliphatic hydroxyl groups excluding tert-OH is 1. The van der Waals surface area contributed by atoms with E-state index in [0.29, 0.717) is 29.9 Å². The van der Waals surface area contributed by atoms with Crippen molar-refractivity contribution in [3.05, 3.63) is 23.4 Å². The molecule has 0 unspecified atom stereocenters. The van der Waals surface area contributed by atoms with E-state index < -0.39 is 11.9 Å². The number of aromatic nitrogens is 2. The molecule has 0 radical (unpaired) electrons. The van der Waals surface area contributed by atoms with Crippen LogP contribution in [-0.2, 0) is 19.1 Å². The largest absolute Gasteiger partial charge is 0.466 e. The number of nitrogens with zero attached hydrogens (tertiary/aromatic N) is 4. The first-order chi connectivity index (χ1) is 14.1. The van der Waals surface area contributed by atoms with Crippen molar-refractivity contribution in [2.24, 2.45) is 0 Å². The molecule has 11 heteroatoms. The summed E-state index contributed by atoms with van der Waals surface area (Å²) < 4.78 is 15.1. The van der Waals surface area contributed by atoms with Crippen molar-refractivity contribution in [3.8, 4) is 0 Å². The summed E-state index contributed by atoms with van der Waals surface area (Å²) in [5, 5.41) is 20.2. The topological polar surface area (TPSA) is 130 Å². The number of hydrogen-bond donors (Lipinski definition) is 2. The molecule has 0 saturated carbocycles. The Morgan fingerprint density at radius 3 is 2.76 bits per heavy atom. The molecule has 2 aliphatic heterocycles. The zero-order valence-corrected chi connectivity index (χ0v) is 15.9. The molecule has 4 rings (SSSR count). The fraction of sp³-hybridized carbons (Fsp3) is 0.444. The standard InChI is InChI=1S/C18H21N5O6/c1-27-18(26)11-10-23(4-7-24)17(25)14(11)19-12-2-3-13(16-15(12)20-29-21-16)22-5-8-28-9-6-22/h2-3,19,24H,4-10H2,1H3. The predicted octanol–water partition coefficient (Wildman–Crippen LogP) is -0.267. The van der Waals surface area contributed by atoms with Gasteiger partial charge in [0.1, 0.15) is 5.70 Å². The molecule has 0 aliphatic carbocycles. The van der Waals surface area contributed by atoms with E-state index in [1.807, 2.05) is 6.07 Å². The Morgan fingerprint density at radius 1 is 1.28 bits per heavy atom. The monoisotopic (exact) mass is 403 g/mol. The quantitative estimate of drug-likeness (QED) is 0.622. The van der Waals surface area contributed by atoms with Crippen molar-refractivity contribution in [2.45, 2.75) is 0 Å². The van der Waals surface area contributed by atoms with Crippen LogP contribution < -0.4 is 10.2 Å². The highest BCUT2D eigenvalue weighted by atomic mass is 16.6. The van der Waals surface area contributed by atoms with E-state index in [2.05, 4.69) is 20.5 Å². The molecule has 1 aromatic carbocycles. The number of nitrogens with one attached hydrogen (secondary N) is 1. The number of carbonyl (C=O) groups excluding carboxylic acids is 2. The van der Waals surface area contributed by atoms with Crippen molar-refractivity contribution < 1.29 is 28.8 Å². The number of rotatable bonds is 6. The molecule has 3 heterocycles. The molecule has 0 spiro atoms. The lowest BCUT2D eigenvalue weighted by molar-refractivity contribution is -0.136. The van der Waals surface area contributed by atoms with Gasteiger partial charge in [-0.1, -0.05) is 0 Å². The van der Waals surface area contributed by atoms with E-state index in [1.54, 1.807) is 6.07 Å². The summed E-state index contributed by atoms with van der Waals surface area (Å²) in [6.07, 6.45) is 0. The average molecular weight is 403 g/mol. The van der Waals surface area contributed by atoms with E-state index in [4.69, 9.17) is 14.1 Å². The lowest BCUT2D eigenvalue weighted by Gasteiger charge is -2.28. The maximum atomic E-state index is 12.7. The van der Waals surface area contributed by atoms with Crippen LogP contribution in [0.25, 0.3) is 11.0 Å². The summed E-state index contributed by atoms with van der Waals surface area (Å²) in [5.74, 6) is -1.01. The number of anilines is 2. The fourth-order valence-electron chi connectivity index (χ4n) is 3.50. The van der Waals surface area contributed by atoms with Gasteiger partial charge in [0.05, 0.1) is 50.4 Å². The highest BCUT2D eigenvalue weighted by molar-refractivity contribution is 6.10. The van der Waals surface area contributed by atoms with Gasteiger partial charge in [0.15, 0.2) is 11.0 Å². The second kappa shape index (κ2) is 8.05. The molecule has 1 amide bonds. The zero-order valence-electron chi connectivity index (χ0n) is 15.9. The molecule has 0 bridgehead atoms. The van der Waals surface area contributed by atoms with Gasteiger partial charge in [0.25, 0.3) is 5.91 Å². The van der Waals surface area contributed by atoms with Crippen LogP contribution >= 0.6 is 0 Å². The van der Waals surface area contributed by atoms with Gasteiger partial charge in [-0.3, -0.25) is 4.79 Å². The first kappa shape index (κ1) is 19.2. The van der Waals surface area contributed by atoms with Crippen LogP contribution in [0.15, 0.2) is 28.0 Å². The highest BCUT2D eigenvalue weighted by Gasteiger charge is 2.35. The summed E-state index contributed by atoms with van der Waals surface area (Å²) in [4.78, 5) is 28.4. The Labute approximate surface area is 165 Å². The van der Waals surface area contributed by atoms with Crippen molar-refractivity contribution >= 4 is 34.3 Å². The molecular formula is C18H21N5O6. The van der Waals surface area contributed by atoms with Crippen molar-refractivity contribution in [3.63, 3.8) is 0 Å². The third-order valence-electron chi connectivity index (χ3n) is 4.96. The first-order valence-corrected chi connectivity index (χ1v) is 9.20. The molecule has 1 aromatic heterocycles.